The lowest BCUT2D eigenvalue weighted by atomic mass is 10.1. The Morgan fingerprint density at radius 3 is 2.41 bits per heavy atom. The molecule has 0 aliphatic carbocycles. The smallest absolute Gasteiger partial charge is 0.251 e. The first-order chi connectivity index (χ1) is 10.6. The van der Waals surface area contributed by atoms with E-state index in [0.717, 1.165) is 30.3 Å². The van der Waals surface area contributed by atoms with Crippen LogP contribution in [0.4, 0.5) is 0 Å². The fourth-order valence-electron chi connectivity index (χ4n) is 2.41. The van der Waals surface area contributed by atoms with Crippen molar-refractivity contribution in [2.45, 2.75) is 33.2 Å². The maximum absolute atomic E-state index is 12.2. The van der Waals surface area contributed by atoms with Gasteiger partial charge in [0.2, 0.25) is 0 Å². The number of rotatable bonds is 6. The molecular formula is C19H21NO2. The summed E-state index contributed by atoms with van der Waals surface area (Å²) in [6.45, 7) is 4.51. The molecule has 0 aliphatic heterocycles. The minimum absolute atomic E-state index is 0.163. The molecule has 0 radical (unpaired) electrons. The highest BCUT2D eigenvalue weighted by atomic mass is 16.1. The van der Waals surface area contributed by atoms with Crippen LogP contribution in [0.2, 0.25) is 0 Å². The van der Waals surface area contributed by atoms with E-state index in [2.05, 4.69) is 24.4 Å². The first-order valence-electron chi connectivity index (χ1n) is 7.55. The lowest BCUT2D eigenvalue weighted by Crippen LogP contribution is -2.23. The van der Waals surface area contributed by atoms with Gasteiger partial charge < -0.3 is 5.32 Å². The average Bonchev–Trinajstić information content (AvgIpc) is 2.53. The summed E-state index contributed by atoms with van der Waals surface area (Å²) in [7, 11) is 0. The average molecular weight is 295 g/mol. The van der Waals surface area contributed by atoms with Gasteiger partial charge in [-0.15, -0.1) is 0 Å². The summed E-state index contributed by atoms with van der Waals surface area (Å²) in [4.78, 5) is 23.0. The first kappa shape index (κ1) is 16.0. The van der Waals surface area contributed by atoms with Crippen molar-refractivity contribution < 1.29 is 9.59 Å². The molecule has 0 unspecified atom stereocenters. The predicted octanol–water partition coefficient (Wildman–Crippen LogP) is 3.69. The molecule has 3 nitrogen and oxygen atoms in total. The van der Waals surface area contributed by atoms with E-state index in [1.54, 1.807) is 18.2 Å². The second-order valence-corrected chi connectivity index (χ2v) is 5.50. The zero-order valence-electron chi connectivity index (χ0n) is 13.1. The van der Waals surface area contributed by atoms with Crippen molar-refractivity contribution in [1.82, 2.24) is 5.32 Å². The molecule has 2 aromatic carbocycles. The van der Waals surface area contributed by atoms with E-state index in [0.29, 0.717) is 17.7 Å². The summed E-state index contributed by atoms with van der Waals surface area (Å²) in [5.41, 5.74) is 4.32. The van der Waals surface area contributed by atoms with E-state index in [-0.39, 0.29) is 5.91 Å². The van der Waals surface area contributed by atoms with Gasteiger partial charge in [0.05, 0.1) is 0 Å². The summed E-state index contributed by atoms with van der Waals surface area (Å²) in [5, 5.41) is 2.89. The first-order valence-corrected chi connectivity index (χ1v) is 7.55. The third-order valence-corrected chi connectivity index (χ3v) is 3.51. The van der Waals surface area contributed by atoms with Crippen LogP contribution in [0.5, 0.6) is 0 Å². The van der Waals surface area contributed by atoms with Crippen LogP contribution in [0.25, 0.3) is 0 Å². The molecule has 2 aromatic rings. The number of carbonyl (C=O) groups excluding carboxylic acids is 2. The van der Waals surface area contributed by atoms with Gasteiger partial charge >= 0.3 is 0 Å². The molecule has 0 fully saturated rings. The Kier molecular flexibility index (Phi) is 5.48. The minimum Gasteiger partial charge on any atom is -0.348 e. The molecule has 114 valence electrons. The van der Waals surface area contributed by atoms with Crippen LogP contribution in [-0.4, -0.2) is 12.2 Å². The maximum Gasteiger partial charge on any atom is 0.251 e. The highest BCUT2D eigenvalue weighted by molar-refractivity contribution is 5.96. The van der Waals surface area contributed by atoms with Crippen molar-refractivity contribution in [3.05, 3.63) is 70.3 Å². The third-order valence-electron chi connectivity index (χ3n) is 3.51. The molecule has 0 atom stereocenters. The topological polar surface area (TPSA) is 46.2 Å². The van der Waals surface area contributed by atoms with Crippen molar-refractivity contribution in [3.8, 4) is 0 Å². The van der Waals surface area contributed by atoms with Gasteiger partial charge in [0, 0.05) is 17.7 Å². The van der Waals surface area contributed by atoms with Crippen LogP contribution >= 0.6 is 0 Å². The Labute approximate surface area is 131 Å². The summed E-state index contributed by atoms with van der Waals surface area (Å²) >= 11 is 0. The van der Waals surface area contributed by atoms with Crippen molar-refractivity contribution >= 4 is 12.2 Å². The number of benzene rings is 2. The highest BCUT2D eigenvalue weighted by Gasteiger charge is 2.07. The quantitative estimate of drug-likeness (QED) is 0.826. The van der Waals surface area contributed by atoms with E-state index < -0.39 is 0 Å². The summed E-state index contributed by atoms with van der Waals surface area (Å²) in [6.07, 6.45) is 2.96. The van der Waals surface area contributed by atoms with Crippen molar-refractivity contribution in [2.75, 3.05) is 0 Å². The summed E-state index contributed by atoms with van der Waals surface area (Å²) in [5.74, 6) is -0.163. The second kappa shape index (κ2) is 7.55. The van der Waals surface area contributed by atoms with E-state index >= 15 is 0 Å². The normalized spacial score (nSPS) is 10.3. The zero-order valence-corrected chi connectivity index (χ0v) is 13.1. The molecule has 0 bridgehead atoms. The van der Waals surface area contributed by atoms with Crippen LogP contribution < -0.4 is 5.32 Å². The largest absolute Gasteiger partial charge is 0.348 e. The summed E-state index contributed by atoms with van der Waals surface area (Å²) in [6, 6.07) is 13.4. The number of aldehydes is 1. The van der Waals surface area contributed by atoms with Gasteiger partial charge in [-0.05, 0) is 48.2 Å². The third kappa shape index (κ3) is 4.29. The van der Waals surface area contributed by atoms with Crippen LogP contribution in [0.15, 0.2) is 42.5 Å². The van der Waals surface area contributed by atoms with Crippen molar-refractivity contribution in [3.63, 3.8) is 0 Å². The van der Waals surface area contributed by atoms with Gasteiger partial charge in [-0.25, -0.2) is 0 Å². The monoisotopic (exact) mass is 295 g/mol. The molecule has 0 aliphatic rings. The summed E-state index contributed by atoms with van der Waals surface area (Å²) < 4.78 is 0. The van der Waals surface area contributed by atoms with Crippen molar-refractivity contribution in [2.24, 2.45) is 0 Å². The van der Waals surface area contributed by atoms with Crippen LogP contribution in [0, 0.1) is 6.92 Å². The molecule has 2 rings (SSSR count). The van der Waals surface area contributed by atoms with Crippen LogP contribution in [-0.2, 0) is 13.0 Å². The molecule has 22 heavy (non-hydrogen) atoms. The maximum atomic E-state index is 12.2. The van der Waals surface area contributed by atoms with Crippen molar-refractivity contribution in [1.29, 1.82) is 0 Å². The fraction of sp³-hybridized carbons (Fsp3) is 0.263. The van der Waals surface area contributed by atoms with Gasteiger partial charge in [0.1, 0.15) is 6.29 Å². The Morgan fingerprint density at radius 2 is 1.77 bits per heavy atom. The lowest BCUT2D eigenvalue weighted by molar-refractivity contribution is 0.0951. The molecule has 0 saturated carbocycles. The molecule has 1 N–H and O–H groups in total. The molecule has 1 amide bonds. The number of amides is 1. The zero-order chi connectivity index (χ0) is 15.9. The molecule has 3 heteroatoms. The number of hydrogen-bond donors (Lipinski definition) is 1. The molecule has 0 aromatic heterocycles. The number of hydrogen-bond acceptors (Lipinski definition) is 2. The Balaban J connectivity index is 2.00. The molecule has 0 spiro atoms. The van der Waals surface area contributed by atoms with E-state index in [1.807, 2.05) is 19.1 Å². The molecule has 0 saturated heterocycles. The number of carbonyl (C=O) groups is 2. The van der Waals surface area contributed by atoms with Gasteiger partial charge in [-0.2, -0.15) is 0 Å². The van der Waals surface area contributed by atoms with Crippen LogP contribution in [0.3, 0.4) is 0 Å². The van der Waals surface area contributed by atoms with E-state index in [9.17, 15) is 9.59 Å². The molecular weight excluding hydrogens is 274 g/mol. The van der Waals surface area contributed by atoms with E-state index in [4.69, 9.17) is 0 Å². The van der Waals surface area contributed by atoms with Gasteiger partial charge in [-0.1, -0.05) is 37.6 Å². The minimum atomic E-state index is -0.163. The number of nitrogens with one attached hydrogen (secondary N) is 1. The van der Waals surface area contributed by atoms with Gasteiger partial charge in [0.15, 0.2) is 0 Å². The SMILES string of the molecule is CCCc1ccc(CNC(=O)c2cc(C)cc(C=O)c2)cc1. The highest BCUT2D eigenvalue weighted by Crippen LogP contribution is 2.10. The predicted molar refractivity (Wildman–Crippen MR) is 88.2 cm³/mol. The Bertz CT molecular complexity index is 660. The Hall–Kier alpha value is -2.42. The second-order valence-electron chi connectivity index (χ2n) is 5.50. The van der Waals surface area contributed by atoms with Gasteiger partial charge in [-0.3, -0.25) is 9.59 Å². The molecule has 0 heterocycles. The van der Waals surface area contributed by atoms with Gasteiger partial charge in [0.25, 0.3) is 5.91 Å². The number of aryl methyl sites for hydroxylation is 2. The standard InChI is InChI=1S/C19H21NO2/c1-3-4-15-5-7-16(8-6-15)12-20-19(22)18-10-14(2)9-17(11-18)13-21/h5-11,13H,3-4,12H2,1-2H3,(H,20,22). The Morgan fingerprint density at radius 1 is 1.09 bits per heavy atom. The lowest BCUT2D eigenvalue weighted by Gasteiger charge is -2.08. The van der Waals surface area contributed by atoms with Crippen LogP contribution in [0.1, 0.15) is 50.8 Å². The van der Waals surface area contributed by atoms with E-state index in [1.165, 1.54) is 5.56 Å². The fourth-order valence-corrected chi connectivity index (χ4v) is 2.41.